The molecule has 0 saturated heterocycles. The summed E-state index contributed by atoms with van der Waals surface area (Å²) in [5.74, 6) is 0.0482. The van der Waals surface area contributed by atoms with E-state index in [2.05, 4.69) is 4.98 Å². The molecular weight excluding hydrogens is 331 g/mol. The zero-order valence-corrected chi connectivity index (χ0v) is 12.9. The van der Waals surface area contributed by atoms with E-state index in [0.717, 1.165) is 5.56 Å². The summed E-state index contributed by atoms with van der Waals surface area (Å²) in [6.07, 6.45) is 0. The van der Waals surface area contributed by atoms with Gasteiger partial charge in [-0.3, -0.25) is 0 Å². The predicted molar refractivity (Wildman–Crippen MR) is 85.6 cm³/mol. The molecule has 0 aliphatic rings. The van der Waals surface area contributed by atoms with Gasteiger partial charge in [-0.05, 0) is 23.2 Å². The number of hydrogen-bond acceptors (Lipinski definition) is 2. The van der Waals surface area contributed by atoms with E-state index in [0.29, 0.717) is 26.3 Å². The first-order chi connectivity index (χ1) is 10.1. The average Bonchev–Trinajstić information content (AvgIpc) is 2.47. The summed E-state index contributed by atoms with van der Waals surface area (Å²) in [5.41, 5.74) is 1.80. The smallest absolute Gasteiger partial charge is 0.335 e. The topological polar surface area (TPSA) is 39.8 Å². The molecule has 3 rings (SSSR count). The fourth-order valence-electron chi connectivity index (χ4n) is 2.19. The van der Waals surface area contributed by atoms with Gasteiger partial charge in [0.15, 0.2) is 5.52 Å². The highest BCUT2D eigenvalue weighted by Crippen LogP contribution is 2.30. The van der Waals surface area contributed by atoms with Crippen LogP contribution in [0.4, 0.5) is 0 Å². The molecule has 0 radical (unpaired) electrons. The van der Waals surface area contributed by atoms with Crippen molar-refractivity contribution in [1.29, 1.82) is 0 Å². The van der Waals surface area contributed by atoms with E-state index in [-0.39, 0.29) is 5.82 Å². The van der Waals surface area contributed by atoms with E-state index in [1.165, 1.54) is 0 Å². The van der Waals surface area contributed by atoms with Crippen LogP contribution in [0.15, 0.2) is 48.5 Å². The van der Waals surface area contributed by atoms with Crippen LogP contribution in [-0.4, -0.2) is 4.98 Å². The van der Waals surface area contributed by atoms with Crippen LogP contribution in [0.3, 0.4) is 0 Å². The van der Waals surface area contributed by atoms with E-state index in [1.54, 1.807) is 18.2 Å². The van der Waals surface area contributed by atoms with Crippen LogP contribution in [0.2, 0.25) is 5.02 Å². The molecule has 6 heteroatoms. The van der Waals surface area contributed by atoms with Gasteiger partial charge in [0.05, 0.1) is 5.39 Å². The highest BCUT2D eigenvalue weighted by molar-refractivity contribution is 6.43. The normalized spacial score (nSPS) is 11.2. The molecule has 2 aromatic carbocycles. The van der Waals surface area contributed by atoms with Crippen molar-refractivity contribution in [2.75, 3.05) is 0 Å². The van der Waals surface area contributed by atoms with Crippen LogP contribution in [0, 0.1) is 5.21 Å². The molecule has 0 amide bonds. The van der Waals surface area contributed by atoms with Gasteiger partial charge in [0.25, 0.3) is 0 Å². The predicted octanol–water partition coefficient (Wildman–Crippen LogP) is 4.66. The average molecular weight is 340 g/mol. The molecule has 0 saturated carbocycles. The summed E-state index contributed by atoms with van der Waals surface area (Å²) >= 11 is 17.8. The van der Waals surface area contributed by atoms with Crippen molar-refractivity contribution >= 4 is 45.7 Å². The Morgan fingerprint density at radius 1 is 1.05 bits per heavy atom. The lowest BCUT2D eigenvalue weighted by Crippen LogP contribution is -2.36. The maximum Gasteiger partial charge on any atom is 0.335 e. The number of hydrogen-bond donors (Lipinski definition) is 0. The fraction of sp³-hybridized carbons (Fsp3) is 0.0667. The molecule has 3 aromatic rings. The van der Waals surface area contributed by atoms with E-state index in [1.807, 2.05) is 30.3 Å². The van der Waals surface area contributed by atoms with Gasteiger partial charge in [0, 0.05) is 10.6 Å². The Labute approximate surface area is 136 Å². The van der Waals surface area contributed by atoms with Gasteiger partial charge in [0.2, 0.25) is 4.84 Å². The van der Waals surface area contributed by atoms with Crippen molar-refractivity contribution in [1.82, 2.24) is 4.98 Å². The number of benzene rings is 2. The molecule has 0 spiro atoms. The largest absolute Gasteiger partial charge is 0.710 e. The van der Waals surface area contributed by atoms with Crippen molar-refractivity contribution in [3.8, 4) is 11.3 Å². The highest BCUT2D eigenvalue weighted by atomic mass is 35.5. The number of alkyl halides is 2. The van der Waals surface area contributed by atoms with Gasteiger partial charge >= 0.3 is 5.82 Å². The molecule has 0 aliphatic heterocycles. The lowest BCUT2D eigenvalue weighted by Gasteiger charge is -2.14. The van der Waals surface area contributed by atoms with Crippen molar-refractivity contribution in [2.45, 2.75) is 4.84 Å². The number of aromatic nitrogens is 2. The standard InChI is InChI=1S/C15H9Cl3N2O/c16-10-6-7-12-11(8-10)13(9-4-2-1-3-5-9)20(21)15(19-12)14(17)18/h1-8,14H. The molecule has 0 N–H and O–H groups in total. The molecule has 0 atom stereocenters. The van der Waals surface area contributed by atoms with E-state index >= 15 is 0 Å². The minimum absolute atomic E-state index is 0.0482. The SMILES string of the molecule is [O-][n+]1c(C(Cl)Cl)nc2ccc(Cl)cc2c1-c1ccccc1. The molecule has 106 valence electrons. The zero-order valence-electron chi connectivity index (χ0n) is 10.6. The highest BCUT2D eigenvalue weighted by Gasteiger charge is 2.24. The number of rotatable bonds is 2. The minimum atomic E-state index is -1.01. The van der Waals surface area contributed by atoms with Crippen LogP contribution < -0.4 is 4.73 Å². The molecule has 0 unspecified atom stereocenters. The van der Waals surface area contributed by atoms with Crippen molar-refractivity contribution < 1.29 is 4.73 Å². The second-order valence-electron chi connectivity index (χ2n) is 4.44. The molecular formula is C15H9Cl3N2O. The summed E-state index contributed by atoms with van der Waals surface area (Å²) in [5, 5.41) is 13.8. The Morgan fingerprint density at radius 3 is 2.43 bits per heavy atom. The molecule has 1 heterocycles. The Balaban J connectivity index is 2.44. The van der Waals surface area contributed by atoms with Gasteiger partial charge in [-0.25, -0.2) is 4.73 Å². The fourth-order valence-corrected chi connectivity index (χ4v) is 2.64. The number of fused-ring (bicyclic) bond motifs is 1. The summed E-state index contributed by atoms with van der Waals surface area (Å²) in [7, 11) is 0. The van der Waals surface area contributed by atoms with Gasteiger partial charge < -0.3 is 5.21 Å². The zero-order chi connectivity index (χ0) is 15.0. The third-order valence-electron chi connectivity index (χ3n) is 3.10. The van der Waals surface area contributed by atoms with Gasteiger partial charge in [0.1, 0.15) is 5.69 Å². The van der Waals surface area contributed by atoms with Crippen LogP contribution in [-0.2, 0) is 0 Å². The number of halogens is 3. The van der Waals surface area contributed by atoms with Gasteiger partial charge in [-0.15, -0.1) is 0 Å². The molecule has 3 nitrogen and oxygen atoms in total. The Morgan fingerprint density at radius 2 is 1.76 bits per heavy atom. The second kappa shape index (κ2) is 5.68. The van der Waals surface area contributed by atoms with Crippen molar-refractivity contribution in [2.24, 2.45) is 0 Å². The monoisotopic (exact) mass is 338 g/mol. The summed E-state index contributed by atoms with van der Waals surface area (Å²) < 4.78 is 0.665. The lowest BCUT2D eigenvalue weighted by atomic mass is 10.1. The van der Waals surface area contributed by atoms with Crippen LogP contribution in [0.25, 0.3) is 22.2 Å². The maximum atomic E-state index is 12.6. The first-order valence-corrected chi connectivity index (χ1v) is 7.39. The van der Waals surface area contributed by atoms with Gasteiger partial charge in [-0.1, -0.05) is 65.1 Å². The molecule has 1 aromatic heterocycles. The van der Waals surface area contributed by atoms with Crippen LogP contribution >= 0.6 is 34.8 Å². The van der Waals surface area contributed by atoms with Crippen LogP contribution in [0.1, 0.15) is 10.7 Å². The van der Waals surface area contributed by atoms with Crippen LogP contribution in [0.5, 0.6) is 0 Å². The molecule has 21 heavy (non-hydrogen) atoms. The van der Waals surface area contributed by atoms with Crippen molar-refractivity contribution in [3.63, 3.8) is 0 Å². The quantitative estimate of drug-likeness (QED) is 0.387. The van der Waals surface area contributed by atoms with Crippen molar-refractivity contribution in [3.05, 3.63) is 64.6 Å². The Kier molecular flexibility index (Phi) is 3.89. The first-order valence-electron chi connectivity index (χ1n) is 6.14. The Bertz CT molecular complexity index is 807. The summed E-state index contributed by atoms with van der Waals surface area (Å²) in [4.78, 5) is 3.22. The molecule has 0 fully saturated rings. The van der Waals surface area contributed by atoms with E-state index in [9.17, 15) is 5.21 Å². The third kappa shape index (κ3) is 2.64. The molecule has 0 bridgehead atoms. The van der Waals surface area contributed by atoms with E-state index in [4.69, 9.17) is 34.8 Å². The lowest BCUT2D eigenvalue weighted by molar-refractivity contribution is -0.603. The maximum absolute atomic E-state index is 12.6. The van der Waals surface area contributed by atoms with E-state index < -0.39 is 4.84 Å². The second-order valence-corrected chi connectivity index (χ2v) is 5.97. The molecule has 0 aliphatic carbocycles. The third-order valence-corrected chi connectivity index (χ3v) is 3.73. The minimum Gasteiger partial charge on any atom is -0.710 e. The number of nitrogens with zero attached hydrogens (tertiary/aromatic N) is 2. The summed E-state index contributed by atoms with van der Waals surface area (Å²) in [6, 6.07) is 14.4. The Hall–Kier alpha value is -1.55. The van der Waals surface area contributed by atoms with Gasteiger partial charge in [-0.2, -0.15) is 0 Å². The summed E-state index contributed by atoms with van der Waals surface area (Å²) in [6.45, 7) is 0. The first kappa shape index (κ1) is 14.4.